The molecule has 0 saturated heterocycles. The summed E-state index contributed by atoms with van der Waals surface area (Å²) in [5.74, 6) is 1.37. The number of aryl methyl sites for hydroxylation is 1. The van der Waals surface area contributed by atoms with Crippen LogP contribution in [0.4, 0.5) is 0 Å². The molecule has 0 bridgehead atoms. The van der Waals surface area contributed by atoms with Crippen molar-refractivity contribution in [3.8, 4) is 5.69 Å². The van der Waals surface area contributed by atoms with Gasteiger partial charge in [0.2, 0.25) is 5.91 Å². The van der Waals surface area contributed by atoms with Gasteiger partial charge in [0.25, 0.3) is 0 Å². The first-order valence-corrected chi connectivity index (χ1v) is 8.25. The zero-order valence-electron chi connectivity index (χ0n) is 14.3. The number of nitrogens with zero attached hydrogens (tertiary/aromatic N) is 3. The second kappa shape index (κ2) is 7.81. The summed E-state index contributed by atoms with van der Waals surface area (Å²) < 4.78 is 7.42. The first-order chi connectivity index (χ1) is 12.1. The van der Waals surface area contributed by atoms with Crippen LogP contribution < -0.4 is 5.73 Å². The van der Waals surface area contributed by atoms with Gasteiger partial charge in [-0.05, 0) is 49.2 Å². The molecule has 3 aromatic rings. The van der Waals surface area contributed by atoms with E-state index in [4.69, 9.17) is 10.2 Å². The lowest BCUT2D eigenvalue weighted by atomic mass is 10.1. The molecule has 0 spiro atoms. The fraction of sp³-hybridized carbons (Fsp3) is 0.263. The molecule has 6 nitrogen and oxygen atoms in total. The minimum atomic E-state index is -0.336. The van der Waals surface area contributed by atoms with E-state index in [1.165, 1.54) is 5.56 Å². The lowest BCUT2D eigenvalue weighted by Crippen LogP contribution is -2.34. The Labute approximate surface area is 146 Å². The summed E-state index contributed by atoms with van der Waals surface area (Å²) in [7, 11) is 0. The highest BCUT2D eigenvalue weighted by Crippen LogP contribution is 2.12. The van der Waals surface area contributed by atoms with Crippen LogP contribution in [0.15, 0.2) is 59.3 Å². The van der Waals surface area contributed by atoms with Crippen molar-refractivity contribution in [1.29, 1.82) is 0 Å². The summed E-state index contributed by atoms with van der Waals surface area (Å²) >= 11 is 0. The van der Waals surface area contributed by atoms with E-state index >= 15 is 0 Å². The van der Waals surface area contributed by atoms with Gasteiger partial charge in [-0.3, -0.25) is 9.69 Å². The van der Waals surface area contributed by atoms with Crippen LogP contribution in [0.25, 0.3) is 5.69 Å². The van der Waals surface area contributed by atoms with E-state index in [0.717, 1.165) is 30.2 Å². The van der Waals surface area contributed by atoms with Gasteiger partial charge < -0.3 is 10.2 Å². The third-order valence-electron chi connectivity index (χ3n) is 3.98. The number of carbonyl (C=O) groups is 1. The number of hydrogen-bond donors (Lipinski definition) is 1. The zero-order chi connectivity index (χ0) is 17.6. The van der Waals surface area contributed by atoms with Gasteiger partial charge in [0.1, 0.15) is 11.5 Å². The Morgan fingerprint density at radius 2 is 2.04 bits per heavy atom. The number of furan rings is 1. The number of benzene rings is 1. The number of rotatable bonds is 8. The minimum Gasteiger partial charge on any atom is -0.465 e. The van der Waals surface area contributed by atoms with Gasteiger partial charge >= 0.3 is 0 Å². The van der Waals surface area contributed by atoms with Gasteiger partial charge in [0.15, 0.2) is 0 Å². The van der Waals surface area contributed by atoms with Crippen LogP contribution in [0, 0.1) is 6.92 Å². The maximum atomic E-state index is 11.3. The van der Waals surface area contributed by atoms with Crippen molar-refractivity contribution < 1.29 is 9.21 Å². The van der Waals surface area contributed by atoms with E-state index in [2.05, 4.69) is 17.2 Å². The summed E-state index contributed by atoms with van der Waals surface area (Å²) in [5.41, 5.74) is 7.59. The van der Waals surface area contributed by atoms with Gasteiger partial charge in [0.05, 0.1) is 18.8 Å². The molecule has 2 heterocycles. The number of amides is 1. The monoisotopic (exact) mass is 338 g/mol. The molecule has 2 N–H and O–H groups in total. The van der Waals surface area contributed by atoms with Gasteiger partial charge in [-0.25, -0.2) is 4.68 Å². The highest BCUT2D eigenvalue weighted by atomic mass is 16.3. The summed E-state index contributed by atoms with van der Waals surface area (Å²) in [5, 5.41) is 4.22. The van der Waals surface area contributed by atoms with Crippen LogP contribution in [0.1, 0.15) is 17.1 Å². The van der Waals surface area contributed by atoms with Crippen molar-refractivity contribution >= 4 is 5.91 Å². The normalized spacial score (nSPS) is 11.1. The second-order valence-corrected chi connectivity index (χ2v) is 6.06. The van der Waals surface area contributed by atoms with E-state index in [9.17, 15) is 4.79 Å². The molecule has 0 atom stereocenters. The third-order valence-corrected chi connectivity index (χ3v) is 3.98. The first kappa shape index (κ1) is 17.0. The van der Waals surface area contributed by atoms with Crippen molar-refractivity contribution in [2.45, 2.75) is 19.9 Å². The molecule has 0 radical (unpaired) electrons. The Kier molecular flexibility index (Phi) is 5.30. The molecular weight excluding hydrogens is 316 g/mol. The second-order valence-electron chi connectivity index (χ2n) is 6.06. The van der Waals surface area contributed by atoms with E-state index in [-0.39, 0.29) is 12.5 Å². The van der Waals surface area contributed by atoms with Crippen LogP contribution in [-0.2, 0) is 17.8 Å². The highest BCUT2D eigenvalue weighted by Gasteiger charge is 2.11. The molecule has 2 aromatic heterocycles. The number of primary amides is 1. The Morgan fingerprint density at radius 3 is 2.64 bits per heavy atom. The Bertz CT molecular complexity index is 806. The molecule has 3 rings (SSSR count). The van der Waals surface area contributed by atoms with E-state index < -0.39 is 0 Å². The van der Waals surface area contributed by atoms with Crippen molar-refractivity contribution in [1.82, 2.24) is 14.7 Å². The van der Waals surface area contributed by atoms with Crippen LogP contribution in [-0.4, -0.2) is 33.7 Å². The molecule has 1 aromatic carbocycles. The molecule has 0 aliphatic carbocycles. The average Bonchev–Trinajstić information content (AvgIpc) is 3.24. The van der Waals surface area contributed by atoms with Crippen LogP contribution in [0.5, 0.6) is 0 Å². The first-order valence-electron chi connectivity index (χ1n) is 8.25. The largest absolute Gasteiger partial charge is 0.465 e. The van der Waals surface area contributed by atoms with E-state index in [1.54, 1.807) is 6.20 Å². The standard InChI is InChI=1S/C19H22N4O2/c1-15-3-8-18(25-15)13-22(14-19(20)24)12-9-16-4-6-17(7-5-16)23-11-2-10-21-23/h2-8,10-11H,9,12-14H2,1H3,(H2,20,24). The van der Waals surface area contributed by atoms with Crippen molar-refractivity contribution in [3.05, 3.63) is 71.9 Å². The lowest BCUT2D eigenvalue weighted by molar-refractivity contribution is -0.119. The Morgan fingerprint density at radius 1 is 1.24 bits per heavy atom. The average molecular weight is 338 g/mol. The molecule has 6 heteroatoms. The maximum Gasteiger partial charge on any atom is 0.231 e. The highest BCUT2D eigenvalue weighted by molar-refractivity contribution is 5.75. The lowest BCUT2D eigenvalue weighted by Gasteiger charge is -2.19. The molecule has 0 saturated carbocycles. The molecule has 0 aliphatic rings. The number of hydrogen-bond acceptors (Lipinski definition) is 4. The quantitative estimate of drug-likeness (QED) is 0.684. The van der Waals surface area contributed by atoms with Gasteiger partial charge in [-0.1, -0.05) is 12.1 Å². The fourth-order valence-corrected chi connectivity index (χ4v) is 2.75. The topological polar surface area (TPSA) is 77.3 Å². The summed E-state index contributed by atoms with van der Waals surface area (Å²) in [6.45, 7) is 3.42. The summed E-state index contributed by atoms with van der Waals surface area (Å²) in [6, 6.07) is 14.0. The predicted octanol–water partition coefficient (Wildman–Crippen LogP) is 2.30. The van der Waals surface area contributed by atoms with Gasteiger partial charge in [0, 0.05) is 18.9 Å². The molecule has 0 aliphatic heterocycles. The van der Waals surface area contributed by atoms with E-state index in [0.29, 0.717) is 6.54 Å². The minimum absolute atomic E-state index is 0.213. The summed E-state index contributed by atoms with van der Waals surface area (Å²) in [4.78, 5) is 13.3. The van der Waals surface area contributed by atoms with Gasteiger partial charge in [-0.2, -0.15) is 5.10 Å². The molecule has 1 amide bonds. The number of nitrogens with two attached hydrogens (primary N) is 1. The maximum absolute atomic E-state index is 11.3. The van der Waals surface area contributed by atoms with Crippen LogP contribution >= 0.6 is 0 Å². The molecular formula is C19H22N4O2. The van der Waals surface area contributed by atoms with E-state index in [1.807, 2.05) is 53.0 Å². The number of carbonyl (C=O) groups excluding carboxylic acids is 1. The smallest absolute Gasteiger partial charge is 0.231 e. The van der Waals surface area contributed by atoms with Crippen LogP contribution in [0.2, 0.25) is 0 Å². The van der Waals surface area contributed by atoms with Crippen molar-refractivity contribution in [2.75, 3.05) is 13.1 Å². The summed E-state index contributed by atoms with van der Waals surface area (Å²) in [6.07, 6.45) is 4.49. The predicted molar refractivity (Wildman–Crippen MR) is 95.2 cm³/mol. The Balaban J connectivity index is 1.61. The van der Waals surface area contributed by atoms with Crippen molar-refractivity contribution in [2.24, 2.45) is 5.73 Å². The van der Waals surface area contributed by atoms with Crippen molar-refractivity contribution in [3.63, 3.8) is 0 Å². The fourth-order valence-electron chi connectivity index (χ4n) is 2.75. The molecule has 0 fully saturated rings. The Hall–Kier alpha value is -2.86. The van der Waals surface area contributed by atoms with Gasteiger partial charge in [-0.15, -0.1) is 0 Å². The molecule has 25 heavy (non-hydrogen) atoms. The molecule has 0 unspecified atom stereocenters. The third kappa shape index (κ3) is 4.81. The molecule has 130 valence electrons. The SMILES string of the molecule is Cc1ccc(CN(CCc2ccc(-n3cccn3)cc2)CC(N)=O)o1. The zero-order valence-corrected chi connectivity index (χ0v) is 14.3. The number of aromatic nitrogens is 2. The van der Waals surface area contributed by atoms with Crippen LogP contribution in [0.3, 0.4) is 0 Å².